The van der Waals surface area contributed by atoms with Crippen LogP contribution in [-0.2, 0) is 10.0 Å². The zero-order valence-corrected chi connectivity index (χ0v) is 16.3. The summed E-state index contributed by atoms with van der Waals surface area (Å²) in [4.78, 5) is 12.5. The van der Waals surface area contributed by atoms with Crippen molar-refractivity contribution in [3.8, 4) is 5.75 Å². The highest BCUT2D eigenvalue weighted by atomic mass is 32.2. The molecule has 1 N–H and O–H groups in total. The summed E-state index contributed by atoms with van der Waals surface area (Å²) in [5, 5.41) is 2.96. The fourth-order valence-corrected chi connectivity index (χ4v) is 4.68. The Hall–Kier alpha value is -2.54. The maximum Gasteiger partial charge on any atom is 0.251 e. The predicted octanol–water partition coefficient (Wildman–Crippen LogP) is 3.12. The van der Waals surface area contributed by atoms with Crippen molar-refractivity contribution in [1.29, 1.82) is 0 Å². The second-order valence-corrected chi connectivity index (χ2v) is 8.50. The number of hydrogen-bond acceptors (Lipinski definition) is 4. The fraction of sp³-hybridized carbons (Fsp3) is 0.350. The number of rotatable bonds is 6. The van der Waals surface area contributed by atoms with Gasteiger partial charge in [0.25, 0.3) is 5.91 Å². The first kappa shape index (κ1) is 19.2. The summed E-state index contributed by atoms with van der Waals surface area (Å²) < 4.78 is 30.9. The topological polar surface area (TPSA) is 75.7 Å². The largest absolute Gasteiger partial charge is 0.494 e. The molecule has 0 bridgehead atoms. The van der Waals surface area contributed by atoms with E-state index in [0.29, 0.717) is 30.8 Å². The summed E-state index contributed by atoms with van der Waals surface area (Å²) in [5.74, 6) is 0.737. The molecule has 0 aromatic heterocycles. The molecule has 1 unspecified atom stereocenters. The fourth-order valence-electron chi connectivity index (χ4n) is 3.11. The Morgan fingerprint density at radius 3 is 2.59 bits per heavy atom. The highest BCUT2D eigenvalue weighted by molar-refractivity contribution is 7.93. The zero-order chi connectivity index (χ0) is 19.4. The third-order valence-corrected chi connectivity index (χ3v) is 6.40. The van der Waals surface area contributed by atoms with Crippen molar-refractivity contribution >= 4 is 21.6 Å². The lowest BCUT2D eigenvalue weighted by atomic mass is 10.1. The van der Waals surface area contributed by atoms with Crippen molar-refractivity contribution in [2.24, 2.45) is 0 Å². The van der Waals surface area contributed by atoms with Gasteiger partial charge in [-0.1, -0.05) is 12.1 Å². The monoisotopic (exact) mass is 388 g/mol. The predicted molar refractivity (Wildman–Crippen MR) is 106 cm³/mol. The van der Waals surface area contributed by atoms with Crippen LogP contribution in [0.5, 0.6) is 5.75 Å². The molecule has 1 aliphatic rings. The second-order valence-electron chi connectivity index (χ2n) is 6.49. The maximum absolute atomic E-state index is 12.5. The molecule has 1 aliphatic heterocycles. The lowest BCUT2D eigenvalue weighted by Gasteiger charge is -2.18. The minimum Gasteiger partial charge on any atom is -0.494 e. The van der Waals surface area contributed by atoms with Crippen LogP contribution in [0.1, 0.15) is 42.2 Å². The Morgan fingerprint density at radius 2 is 1.96 bits per heavy atom. The van der Waals surface area contributed by atoms with E-state index in [2.05, 4.69) is 5.32 Å². The number of anilines is 1. The maximum atomic E-state index is 12.5. The molecule has 27 heavy (non-hydrogen) atoms. The molecule has 1 fully saturated rings. The molecular formula is C20H24N2O4S. The summed E-state index contributed by atoms with van der Waals surface area (Å²) in [6.07, 6.45) is 0.628. The molecule has 1 heterocycles. The Labute approximate surface area is 160 Å². The van der Waals surface area contributed by atoms with E-state index in [1.807, 2.05) is 38.1 Å². The third-order valence-electron chi connectivity index (χ3n) is 4.53. The van der Waals surface area contributed by atoms with Gasteiger partial charge in [0, 0.05) is 12.1 Å². The van der Waals surface area contributed by atoms with Crippen LogP contribution in [-0.4, -0.2) is 33.2 Å². The number of hydrogen-bond donors (Lipinski definition) is 1. The van der Waals surface area contributed by atoms with E-state index >= 15 is 0 Å². The molecule has 7 heteroatoms. The first-order valence-corrected chi connectivity index (χ1v) is 10.7. The van der Waals surface area contributed by atoms with Crippen LogP contribution in [0.3, 0.4) is 0 Å². The summed E-state index contributed by atoms with van der Waals surface area (Å²) in [7, 11) is -3.22. The normalized spacial score (nSPS) is 16.7. The van der Waals surface area contributed by atoms with Crippen LogP contribution in [0.4, 0.5) is 5.69 Å². The van der Waals surface area contributed by atoms with Crippen molar-refractivity contribution in [2.45, 2.75) is 26.3 Å². The van der Waals surface area contributed by atoms with Gasteiger partial charge in [-0.3, -0.25) is 9.10 Å². The van der Waals surface area contributed by atoms with E-state index in [4.69, 9.17) is 4.74 Å². The lowest BCUT2D eigenvalue weighted by Crippen LogP contribution is -2.27. The van der Waals surface area contributed by atoms with Gasteiger partial charge in [0.2, 0.25) is 10.0 Å². The number of amides is 1. The number of benzene rings is 2. The van der Waals surface area contributed by atoms with Gasteiger partial charge in [-0.25, -0.2) is 8.42 Å². The average Bonchev–Trinajstić information content (AvgIpc) is 3.01. The quantitative estimate of drug-likeness (QED) is 0.825. The summed E-state index contributed by atoms with van der Waals surface area (Å²) in [5.41, 5.74) is 2.04. The van der Waals surface area contributed by atoms with E-state index in [9.17, 15) is 13.2 Å². The molecule has 3 rings (SSSR count). The van der Waals surface area contributed by atoms with Crippen LogP contribution in [0.15, 0.2) is 48.5 Å². The molecule has 2 aromatic carbocycles. The molecule has 144 valence electrons. The minimum absolute atomic E-state index is 0.174. The van der Waals surface area contributed by atoms with Crippen molar-refractivity contribution in [1.82, 2.24) is 5.32 Å². The molecule has 1 atom stereocenters. The number of ether oxygens (including phenoxy) is 1. The van der Waals surface area contributed by atoms with Gasteiger partial charge in [-0.05, 0) is 62.2 Å². The Balaban J connectivity index is 1.68. The van der Waals surface area contributed by atoms with Gasteiger partial charge in [0.05, 0.1) is 24.1 Å². The van der Waals surface area contributed by atoms with E-state index in [1.165, 1.54) is 4.31 Å². The van der Waals surface area contributed by atoms with Crippen molar-refractivity contribution in [3.63, 3.8) is 0 Å². The summed E-state index contributed by atoms with van der Waals surface area (Å²) in [6.45, 7) is 4.91. The Bertz CT molecular complexity index is 910. The molecule has 0 radical (unpaired) electrons. The molecule has 1 saturated heterocycles. The number of nitrogens with one attached hydrogen (secondary N) is 1. The molecule has 1 amide bonds. The second kappa shape index (κ2) is 8.00. The number of carbonyl (C=O) groups excluding carboxylic acids is 1. The molecule has 0 spiro atoms. The number of sulfonamides is 1. The zero-order valence-electron chi connectivity index (χ0n) is 15.5. The van der Waals surface area contributed by atoms with E-state index < -0.39 is 10.0 Å². The summed E-state index contributed by atoms with van der Waals surface area (Å²) in [6, 6.07) is 14.1. The van der Waals surface area contributed by atoms with Crippen LogP contribution < -0.4 is 14.4 Å². The Kier molecular flexibility index (Phi) is 5.70. The van der Waals surface area contributed by atoms with E-state index in [0.717, 1.165) is 11.3 Å². The average molecular weight is 388 g/mol. The van der Waals surface area contributed by atoms with Gasteiger partial charge in [-0.2, -0.15) is 0 Å². The van der Waals surface area contributed by atoms with Crippen LogP contribution in [0, 0.1) is 0 Å². The van der Waals surface area contributed by atoms with Gasteiger partial charge in [0.15, 0.2) is 0 Å². The first-order chi connectivity index (χ1) is 12.9. The van der Waals surface area contributed by atoms with Crippen LogP contribution >= 0.6 is 0 Å². The van der Waals surface area contributed by atoms with Crippen LogP contribution in [0.2, 0.25) is 0 Å². The first-order valence-electron chi connectivity index (χ1n) is 9.05. The minimum atomic E-state index is -3.22. The smallest absolute Gasteiger partial charge is 0.251 e. The van der Waals surface area contributed by atoms with Crippen molar-refractivity contribution in [2.75, 3.05) is 23.2 Å². The van der Waals surface area contributed by atoms with Gasteiger partial charge in [0.1, 0.15) is 5.75 Å². The number of carbonyl (C=O) groups is 1. The standard InChI is InChI=1S/C20H24N2O4S/c1-3-26-19-7-4-6-17(14-19)15(2)21-20(23)16-8-10-18(11-9-16)22-12-5-13-27(22,24)25/h4,6-11,14-15H,3,5,12-13H2,1-2H3,(H,21,23). The van der Waals surface area contributed by atoms with Crippen molar-refractivity contribution in [3.05, 3.63) is 59.7 Å². The van der Waals surface area contributed by atoms with E-state index in [1.54, 1.807) is 24.3 Å². The molecule has 2 aromatic rings. The highest BCUT2D eigenvalue weighted by Gasteiger charge is 2.28. The molecular weight excluding hydrogens is 364 g/mol. The van der Waals surface area contributed by atoms with Crippen molar-refractivity contribution < 1.29 is 17.9 Å². The molecule has 0 aliphatic carbocycles. The van der Waals surface area contributed by atoms with Gasteiger partial charge >= 0.3 is 0 Å². The Morgan fingerprint density at radius 1 is 1.22 bits per heavy atom. The van der Waals surface area contributed by atoms with Crippen LogP contribution in [0.25, 0.3) is 0 Å². The molecule has 6 nitrogen and oxygen atoms in total. The molecule has 0 saturated carbocycles. The van der Waals surface area contributed by atoms with Gasteiger partial charge < -0.3 is 10.1 Å². The number of nitrogens with zero attached hydrogens (tertiary/aromatic N) is 1. The third kappa shape index (κ3) is 4.42. The van der Waals surface area contributed by atoms with Gasteiger partial charge in [-0.15, -0.1) is 0 Å². The summed E-state index contributed by atoms with van der Waals surface area (Å²) >= 11 is 0. The van der Waals surface area contributed by atoms with E-state index in [-0.39, 0.29) is 17.7 Å². The highest BCUT2D eigenvalue weighted by Crippen LogP contribution is 2.24. The SMILES string of the molecule is CCOc1cccc(C(C)NC(=O)c2ccc(N3CCCS3(=O)=O)cc2)c1. The lowest BCUT2D eigenvalue weighted by molar-refractivity contribution is 0.0940.